The van der Waals surface area contributed by atoms with E-state index in [2.05, 4.69) is 36.4 Å². The number of nitrogens with zero attached hydrogens (tertiary/aromatic N) is 1. The molecule has 0 fully saturated rings. The van der Waals surface area contributed by atoms with Gasteiger partial charge in [-0.1, -0.05) is 29.8 Å². The van der Waals surface area contributed by atoms with E-state index < -0.39 is 6.10 Å². The quantitative estimate of drug-likeness (QED) is 0.817. The van der Waals surface area contributed by atoms with Gasteiger partial charge in [-0.05, 0) is 56.0 Å². The maximum Gasteiger partial charge on any atom is 0.0802 e. The van der Waals surface area contributed by atoms with E-state index in [9.17, 15) is 5.11 Å². The van der Waals surface area contributed by atoms with E-state index in [-0.39, 0.29) is 0 Å². The number of thiophene rings is 1. The molecule has 0 saturated heterocycles. The van der Waals surface area contributed by atoms with Gasteiger partial charge < -0.3 is 10.0 Å². The Labute approximate surface area is 136 Å². The van der Waals surface area contributed by atoms with Gasteiger partial charge >= 0.3 is 0 Å². The summed E-state index contributed by atoms with van der Waals surface area (Å²) in [5.41, 5.74) is 0.891. The van der Waals surface area contributed by atoms with Crippen LogP contribution >= 0.6 is 22.9 Å². The highest BCUT2D eigenvalue weighted by atomic mass is 35.5. The highest BCUT2D eigenvalue weighted by Gasteiger charge is 2.14. The van der Waals surface area contributed by atoms with Crippen LogP contribution in [0, 0.1) is 0 Å². The van der Waals surface area contributed by atoms with E-state index in [1.807, 2.05) is 24.3 Å². The molecule has 0 spiro atoms. The number of hydrogen-bond acceptors (Lipinski definition) is 3. The molecule has 0 aliphatic carbocycles. The first-order valence-electron chi connectivity index (χ1n) is 7.22. The summed E-state index contributed by atoms with van der Waals surface area (Å²) in [5.74, 6) is 0. The highest BCUT2D eigenvalue weighted by molar-refractivity contribution is 7.09. The lowest BCUT2D eigenvalue weighted by molar-refractivity contribution is 0.139. The Balaban J connectivity index is 1.81. The van der Waals surface area contributed by atoms with Gasteiger partial charge in [0.1, 0.15) is 0 Å². The molecule has 1 heterocycles. The Morgan fingerprint density at radius 2 is 2.10 bits per heavy atom. The Morgan fingerprint density at radius 3 is 2.76 bits per heavy atom. The van der Waals surface area contributed by atoms with Crippen LogP contribution in [0.15, 0.2) is 41.8 Å². The molecule has 21 heavy (non-hydrogen) atoms. The Kier molecular flexibility index (Phi) is 6.24. The number of halogens is 1. The van der Waals surface area contributed by atoms with Crippen LogP contribution < -0.4 is 0 Å². The molecule has 4 heteroatoms. The lowest BCUT2D eigenvalue weighted by atomic mass is 10.1. The predicted molar refractivity (Wildman–Crippen MR) is 91.1 cm³/mol. The van der Waals surface area contributed by atoms with Crippen LogP contribution in [0.4, 0.5) is 0 Å². The van der Waals surface area contributed by atoms with Gasteiger partial charge in [0.25, 0.3) is 0 Å². The number of aliphatic hydroxyl groups is 1. The monoisotopic (exact) mass is 323 g/mol. The SMILES string of the molecule is CC(Cc1cccs1)N(C)CCC(O)c1cccc(Cl)c1. The minimum atomic E-state index is -0.458. The number of likely N-dealkylation sites (N-methyl/N-ethyl adjacent to an activating group) is 1. The molecule has 2 rings (SSSR count). The molecule has 1 N–H and O–H groups in total. The van der Waals surface area contributed by atoms with Crippen molar-refractivity contribution in [3.05, 3.63) is 57.2 Å². The fraction of sp³-hybridized carbons (Fsp3) is 0.412. The zero-order chi connectivity index (χ0) is 15.2. The van der Waals surface area contributed by atoms with Gasteiger partial charge in [-0.25, -0.2) is 0 Å². The van der Waals surface area contributed by atoms with Gasteiger partial charge in [0.15, 0.2) is 0 Å². The van der Waals surface area contributed by atoms with E-state index in [0.29, 0.717) is 17.5 Å². The van der Waals surface area contributed by atoms with Crippen LogP contribution in [-0.4, -0.2) is 29.6 Å². The van der Waals surface area contributed by atoms with E-state index in [1.165, 1.54) is 4.88 Å². The molecule has 0 bridgehead atoms. The molecule has 1 aromatic carbocycles. The summed E-state index contributed by atoms with van der Waals surface area (Å²) in [6.07, 6.45) is 1.31. The molecule has 0 amide bonds. The third kappa shape index (κ3) is 5.11. The van der Waals surface area contributed by atoms with Crippen LogP contribution in [-0.2, 0) is 6.42 Å². The summed E-state index contributed by atoms with van der Waals surface area (Å²) in [6.45, 7) is 3.09. The van der Waals surface area contributed by atoms with Crippen molar-refractivity contribution in [3.8, 4) is 0 Å². The molecule has 0 aliphatic rings. The first-order valence-corrected chi connectivity index (χ1v) is 8.48. The summed E-state index contributed by atoms with van der Waals surface area (Å²) in [5, 5.41) is 13.0. The predicted octanol–water partition coefficient (Wildman–Crippen LogP) is 4.39. The van der Waals surface area contributed by atoms with Gasteiger partial charge in [-0.2, -0.15) is 0 Å². The van der Waals surface area contributed by atoms with Crippen molar-refractivity contribution in [1.29, 1.82) is 0 Å². The fourth-order valence-electron chi connectivity index (χ4n) is 2.30. The maximum atomic E-state index is 10.2. The molecule has 2 nitrogen and oxygen atoms in total. The van der Waals surface area contributed by atoms with E-state index in [0.717, 1.165) is 18.5 Å². The van der Waals surface area contributed by atoms with E-state index in [4.69, 9.17) is 11.6 Å². The Hall–Kier alpha value is -0.870. The minimum absolute atomic E-state index is 0.458. The topological polar surface area (TPSA) is 23.5 Å². The van der Waals surface area contributed by atoms with E-state index in [1.54, 1.807) is 11.3 Å². The Morgan fingerprint density at radius 1 is 1.29 bits per heavy atom. The number of aliphatic hydroxyl groups excluding tert-OH is 1. The maximum absolute atomic E-state index is 10.2. The van der Waals surface area contributed by atoms with Crippen molar-refractivity contribution < 1.29 is 5.11 Å². The third-order valence-electron chi connectivity index (χ3n) is 3.82. The van der Waals surface area contributed by atoms with Crippen molar-refractivity contribution in [2.45, 2.75) is 31.9 Å². The fourth-order valence-corrected chi connectivity index (χ4v) is 3.33. The normalized spacial score (nSPS) is 14.3. The summed E-state index contributed by atoms with van der Waals surface area (Å²) < 4.78 is 0. The van der Waals surface area contributed by atoms with Crippen LogP contribution in [0.25, 0.3) is 0 Å². The van der Waals surface area contributed by atoms with Crippen molar-refractivity contribution in [1.82, 2.24) is 4.90 Å². The standard InChI is InChI=1S/C17H22ClNOS/c1-13(11-16-7-4-10-21-16)19(2)9-8-17(20)14-5-3-6-15(18)12-14/h3-7,10,12-13,17,20H,8-9,11H2,1-2H3. The van der Waals surface area contributed by atoms with Crippen molar-refractivity contribution in [2.75, 3.05) is 13.6 Å². The number of hydrogen-bond donors (Lipinski definition) is 1. The van der Waals surface area contributed by atoms with Gasteiger partial charge in [-0.15, -0.1) is 11.3 Å². The van der Waals surface area contributed by atoms with Crippen LogP contribution in [0.5, 0.6) is 0 Å². The molecule has 2 atom stereocenters. The van der Waals surface area contributed by atoms with E-state index >= 15 is 0 Å². The van der Waals surface area contributed by atoms with Crippen molar-refractivity contribution in [2.24, 2.45) is 0 Å². The lowest BCUT2D eigenvalue weighted by Gasteiger charge is -2.25. The molecule has 1 aromatic heterocycles. The minimum Gasteiger partial charge on any atom is -0.388 e. The van der Waals surface area contributed by atoms with Gasteiger partial charge in [0.2, 0.25) is 0 Å². The molecule has 0 radical (unpaired) electrons. The first-order chi connectivity index (χ1) is 10.1. The van der Waals surface area contributed by atoms with Crippen LogP contribution in [0.3, 0.4) is 0 Å². The van der Waals surface area contributed by atoms with Crippen molar-refractivity contribution >= 4 is 22.9 Å². The molecule has 2 unspecified atom stereocenters. The second-order valence-corrected chi connectivity index (χ2v) is 6.94. The summed E-state index contributed by atoms with van der Waals surface area (Å²) in [4.78, 5) is 3.71. The summed E-state index contributed by atoms with van der Waals surface area (Å²) in [7, 11) is 2.11. The molecule has 2 aromatic rings. The molecule has 0 aliphatic heterocycles. The largest absolute Gasteiger partial charge is 0.388 e. The molecule has 0 saturated carbocycles. The third-order valence-corrected chi connectivity index (χ3v) is 4.95. The van der Waals surface area contributed by atoms with Crippen LogP contribution in [0.1, 0.15) is 29.9 Å². The summed E-state index contributed by atoms with van der Waals surface area (Å²) >= 11 is 7.76. The molecule has 114 valence electrons. The average molecular weight is 324 g/mol. The average Bonchev–Trinajstić information content (AvgIpc) is 2.97. The van der Waals surface area contributed by atoms with Gasteiger partial charge in [0.05, 0.1) is 6.10 Å². The molecular weight excluding hydrogens is 302 g/mol. The zero-order valence-corrected chi connectivity index (χ0v) is 14.1. The van der Waals surface area contributed by atoms with Gasteiger partial charge in [-0.3, -0.25) is 0 Å². The lowest BCUT2D eigenvalue weighted by Crippen LogP contribution is -2.32. The summed E-state index contributed by atoms with van der Waals surface area (Å²) in [6, 6.07) is 12.2. The second-order valence-electron chi connectivity index (χ2n) is 5.47. The highest BCUT2D eigenvalue weighted by Crippen LogP contribution is 2.21. The number of rotatable bonds is 7. The van der Waals surface area contributed by atoms with Crippen LogP contribution in [0.2, 0.25) is 5.02 Å². The zero-order valence-electron chi connectivity index (χ0n) is 12.5. The van der Waals surface area contributed by atoms with Crippen molar-refractivity contribution in [3.63, 3.8) is 0 Å². The smallest absolute Gasteiger partial charge is 0.0802 e. The Bertz CT molecular complexity index is 543. The number of benzene rings is 1. The molecular formula is C17H22ClNOS. The second kappa shape index (κ2) is 7.95. The first kappa shape index (κ1) is 16.5. The van der Waals surface area contributed by atoms with Gasteiger partial charge in [0, 0.05) is 22.5 Å².